The topological polar surface area (TPSA) is 154 Å². The number of aromatic nitrogens is 2. The molecule has 33 heavy (non-hydrogen) atoms. The molecule has 1 aromatic carbocycles. The summed E-state index contributed by atoms with van der Waals surface area (Å²) in [7, 11) is 1.62. The first-order valence-corrected chi connectivity index (χ1v) is 10.6. The summed E-state index contributed by atoms with van der Waals surface area (Å²) in [6.07, 6.45) is 1.44. The summed E-state index contributed by atoms with van der Waals surface area (Å²) in [5.74, 6) is 4.60. The Morgan fingerprint density at radius 2 is 2.09 bits per heavy atom. The number of primary amides is 1. The molecule has 2 amide bonds. The molecule has 0 unspecified atom stereocenters. The lowest BCUT2D eigenvalue weighted by Crippen LogP contribution is -2.37. The summed E-state index contributed by atoms with van der Waals surface area (Å²) in [5, 5.41) is 10.5. The van der Waals surface area contributed by atoms with Crippen LogP contribution < -0.4 is 16.2 Å². The van der Waals surface area contributed by atoms with E-state index in [-0.39, 0.29) is 35.6 Å². The minimum Gasteiger partial charge on any atom is -0.473 e. The summed E-state index contributed by atoms with van der Waals surface area (Å²) >= 11 is 0. The molecule has 4 rings (SSSR count). The van der Waals surface area contributed by atoms with Crippen LogP contribution in [0.3, 0.4) is 0 Å². The third-order valence-corrected chi connectivity index (χ3v) is 5.63. The van der Waals surface area contributed by atoms with Gasteiger partial charge in [-0.1, -0.05) is 24.0 Å². The fourth-order valence-electron chi connectivity index (χ4n) is 3.69. The first-order valence-electron chi connectivity index (χ1n) is 10.6. The van der Waals surface area contributed by atoms with Crippen LogP contribution in [0.2, 0.25) is 0 Å². The zero-order valence-corrected chi connectivity index (χ0v) is 18.2. The normalized spacial score (nSPS) is 20.9. The van der Waals surface area contributed by atoms with Crippen LogP contribution in [0.1, 0.15) is 35.3 Å². The van der Waals surface area contributed by atoms with Gasteiger partial charge in [-0.25, -0.2) is 4.98 Å². The highest BCUT2D eigenvalue weighted by Crippen LogP contribution is 2.29. The van der Waals surface area contributed by atoms with Gasteiger partial charge in [0.2, 0.25) is 11.5 Å². The van der Waals surface area contributed by atoms with Crippen LogP contribution in [-0.2, 0) is 9.53 Å². The maximum absolute atomic E-state index is 12.1. The second kappa shape index (κ2) is 9.05. The molecule has 0 saturated carbocycles. The fourth-order valence-corrected chi connectivity index (χ4v) is 3.69. The van der Waals surface area contributed by atoms with Crippen LogP contribution in [0.15, 0.2) is 24.3 Å². The number of likely N-dealkylation sites (tertiary alicyclic amines) is 1. The van der Waals surface area contributed by atoms with Crippen molar-refractivity contribution in [2.45, 2.75) is 31.0 Å². The highest BCUT2D eigenvalue weighted by atomic mass is 16.5. The van der Waals surface area contributed by atoms with E-state index >= 15 is 0 Å². The van der Waals surface area contributed by atoms with Gasteiger partial charge < -0.3 is 30.9 Å². The maximum atomic E-state index is 12.1. The number of nitrogens with two attached hydrogens (primary N) is 2. The van der Waals surface area contributed by atoms with Crippen LogP contribution >= 0.6 is 0 Å². The van der Waals surface area contributed by atoms with Crippen molar-refractivity contribution in [2.24, 2.45) is 5.73 Å². The Morgan fingerprint density at radius 1 is 1.33 bits per heavy atom. The molecule has 10 heteroatoms. The number of anilines is 1. The number of carbonyl (C=O) groups excluding carboxylic acids is 2. The van der Waals surface area contributed by atoms with E-state index in [2.05, 4.69) is 21.8 Å². The van der Waals surface area contributed by atoms with E-state index in [9.17, 15) is 14.7 Å². The predicted octanol–water partition coefficient (Wildman–Crippen LogP) is 0.327. The van der Waals surface area contributed by atoms with E-state index in [1.807, 2.05) is 0 Å². The predicted molar refractivity (Wildman–Crippen MR) is 119 cm³/mol. The van der Waals surface area contributed by atoms with Gasteiger partial charge in [-0.05, 0) is 12.1 Å². The quantitative estimate of drug-likeness (QED) is 0.562. The van der Waals surface area contributed by atoms with Crippen molar-refractivity contribution in [3.8, 4) is 29.1 Å². The molecule has 10 nitrogen and oxygen atoms in total. The molecule has 2 aliphatic heterocycles. The van der Waals surface area contributed by atoms with Crippen molar-refractivity contribution in [3.63, 3.8) is 0 Å². The van der Waals surface area contributed by atoms with Crippen LogP contribution in [0.25, 0.3) is 11.4 Å². The number of benzene rings is 1. The van der Waals surface area contributed by atoms with E-state index in [1.165, 1.54) is 4.90 Å². The summed E-state index contributed by atoms with van der Waals surface area (Å²) in [6, 6.07) is 6.89. The molecule has 1 aromatic heterocycles. The SMILES string of the molecule is CN1CC[C@@](O)(C#Cc2cccc(-c3nc(OC4CCOCC4)c(N)c(C(N)=O)n3)c2)C1=O. The first-order chi connectivity index (χ1) is 15.8. The van der Waals surface area contributed by atoms with Gasteiger partial charge >= 0.3 is 0 Å². The van der Waals surface area contributed by atoms with Crippen LogP contribution in [-0.4, -0.2) is 70.3 Å². The lowest BCUT2D eigenvalue weighted by Gasteiger charge is -2.23. The number of hydrogen-bond acceptors (Lipinski definition) is 8. The summed E-state index contributed by atoms with van der Waals surface area (Å²) in [5.41, 5.74) is 10.8. The number of aliphatic hydroxyl groups is 1. The number of rotatable bonds is 4. The molecule has 2 aromatic rings. The molecule has 0 bridgehead atoms. The molecule has 5 N–H and O–H groups in total. The first kappa shape index (κ1) is 22.5. The van der Waals surface area contributed by atoms with Crippen molar-refractivity contribution >= 4 is 17.5 Å². The number of likely N-dealkylation sites (N-methyl/N-ethyl adjacent to an activating group) is 1. The van der Waals surface area contributed by atoms with E-state index in [0.29, 0.717) is 43.7 Å². The second-order valence-electron chi connectivity index (χ2n) is 8.08. The number of carbonyl (C=O) groups is 2. The van der Waals surface area contributed by atoms with Gasteiger partial charge in [0.15, 0.2) is 11.5 Å². The lowest BCUT2D eigenvalue weighted by molar-refractivity contribution is -0.137. The molecule has 0 radical (unpaired) electrons. The zero-order chi connectivity index (χ0) is 23.6. The van der Waals surface area contributed by atoms with E-state index in [0.717, 1.165) is 0 Å². The lowest BCUT2D eigenvalue weighted by atomic mass is 10.0. The Bertz CT molecular complexity index is 1150. The summed E-state index contributed by atoms with van der Waals surface area (Å²) in [4.78, 5) is 34.2. The van der Waals surface area contributed by atoms with Gasteiger partial charge in [0, 0.05) is 44.0 Å². The smallest absolute Gasteiger partial charge is 0.269 e. The molecular weight excluding hydrogens is 426 g/mol. The van der Waals surface area contributed by atoms with Gasteiger partial charge in [-0.3, -0.25) is 9.59 Å². The Labute approximate surface area is 190 Å². The highest BCUT2D eigenvalue weighted by Gasteiger charge is 2.42. The van der Waals surface area contributed by atoms with Crippen molar-refractivity contribution in [1.29, 1.82) is 0 Å². The summed E-state index contributed by atoms with van der Waals surface area (Å²) in [6.45, 7) is 1.57. The average molecular weight is 451 g/mol. The van der Waals surface area contributed by atoms with Crippen molar-refractivity contribution in [1.82, 2.24) is 14.9 Å². The van der Waals surface area contributed by atoms with Crippen LogP contribution in [0, 0.1) is 11.8 Å². The van der Waals surface area contributed by atoms with Crippen molar-refractivity contribution in [2.75, 3.05) is 32.5 Å². The molecule has 172 valence electrons. The molecule has 3 heterocycles. The number of hydrogen-bond donors (Lipinski definition) is 3. The van der Waals surface area contributed by atoms with Gasteiger partial charge in [0.1, 0.15) is 11.8 Å². The maximum Gasteiger partial charge on any atom is 0.269 e. The molecule has 1 atom stereocenters. The zero-order valence-electron chi connectivity index (χ0n) is 18.2. The standard InChI is InChI=1S/C23H25N5O5/c1-28-10-9-23(31,22(28)30)8-5-14-3-2-4-15(13-14)20-26-18(19(25)29)17(24)21(27-20)33-16-6-11-32-12-7-16/h2-4,13,16,31H,6-7,9-12,24H2,1H3,(H2,25,29)/t23-/m0/s1. The highest BCUT2D eigenvalue weighted by molar-refractivity contribution is 5.97. The number of amides is 2. The van der Waals surface area contributed by atoms with E-state index < -0.39 is 17.4 Å². The van der Waals surface area contributed by atoms with Gasteiger partial charge in [-0.2, -0.15) is 4.98 Å². The number of ether oxygens (including phenoxy) is 2. The van der Waals surface area contributed by atoms with Crippen molar-refractivity contribution in [3.05, 3.63) is 35.5 Å². The van der Waals surface area contributed by atoms with Crippen molar-refractivity contribution < 1.29 is 24.2 Å². The van der Waals surface area contributed by atoms with Gasteiger partial charge in [0.05, 0.1) is 13.2 Å². The minimum absolute atomic E-state index is 0.0141. The molecule has 2 aliphatic rings. The Morgan fingerprint density at radius 3 is 2.76 bits per heavy atom. The average Bonchev–Trinajstić information content (AvgIpc) is 3.07. The largest absolute Gasteiger partial charge is 0.473 e. The number of nitrogens with zero attached hydrogens (tertiary/aromatic N) is 3. The number of nitrogen functional groups attached to an aromatic ring is 1. The fraction of sp³-hybridized carbons (Fsp3) is 0.391. The minimum atomic E-state index is -1.70. The monoisotopic (exact) mass is 451 g/mol. The van der Waals surface area contributed by atoms with E-state index in [4.69, 9.17) is 20.9 Å². The molecule has 2 saturated heterocycles. The Balaban J connectivity index is 1.67. The molecule has 0 aliphatic carbocycles. The third-order valence-electron chi connectivity index (χ3n) is 5.63. The third kappa shape index (κ3) is 4.74. The Hall–Kier alpha value is -3.68. The molecule has 0 spiro atoms. The van der Waals surface area contributed by atoms with Crippen LogP contribution in [0.4, 0.5) is 5.69 Å². The second-order valence-corrected chi connectivity index (χ2v) is 8.08. The molecular formula is C23H25N5O5. The van der Waals surface area contributed by atoms with Gasteiger partial charge in [-0.15, -0.1) is 0 Å². The van der Waals surface area contributed by atoms with Crippen LogP contribution in [0.5, 0.6) is 5.88 Å². The van der Waals surface area contributed by atoms with Gasteiger partial charge in [0.25, 0.3) is 11.8 Å². The summed E-state index contributed by atoms with van der Waals surface area (Å²) < 4.78 is 11.3. The Kier molecular flexibility index (Phi) is 6.18. The molecule has 2 fully saturated rings. The van der Waals surface area contributed by atoms with E-state index in [1.54, 1.807) is 31.3 Å².